The highest BCUT2D eigenvalue weighted by Crippen LogP contribution is 2.32. The maximum Gasteiger partial charge on any atom is 0.328 e. The number of anilines is 1. The highest BCUT2D eigenvalue weighted by molar-refractivity contribution is 5.94. The summed E-state index contributed by atoms with van der Waals surface area (Å²) in [5.74, 6) is -0.423. The van der Waals surface area contributed by atoms with Gasteiger partial charge in [0.15, 0.2) is 6.61 Å². The van der Waals surface area contributed by atoms with Gasteiger partial charge in [-0.2, -0.15) is 0 Å². The maximum absolute atomic E-state index is 12.5. The minimum atomic E-state index is -0.527. The molecule has 3 aromatic rings. The number of aryl methyl sites for hydroxylation is 2. The number of carbonyl (C=O) groups excluding carboxylic acids is 2. The van der Waals surface area contributed by atoms with Crippen molar-refractivity contribution >= 4 is 28.6 Å². The lowest BCUT2D eigenvalue weighted by molar-refractivity contribution is -0.147. The Morgan fingerprint density at radius 1 is 0.938 bits per heavy atom. The van der Waals surface area contributed by atoms with Crippen LogP contribution in [0.2, 0.25) is 0 Å². The number of nitrogens with zero attached hydrogens (tertiary/aromatic N) is 2. The van der Waals surface area contributed by atoms with Crippen molar-refractivity contribution in [1.82, 2.24) is 9.13 Å². The number of hydrogen-bond acceptors (Lipinski definition) is 4. The van der Waals surface area contributed by atoms with Gasteiger partial charge in [-0.15, -0.1) is 0 Å². The van der Waals surface area contributed by atoms with Gasteiger partial charge >= 0.3 is 11.7 Å². The van der Waals surface area contributed by atoms with Gasteiger partial charge in [-0.1, -0.05) is 58.0 Å². The van der Waals surface area contributed by atoms with Crippen LogP contribution in [0.3, 0.4) is 0 Å². The number of esters is 1. The molecule has 0 aliphatic heterocycles. The van der Waals surface area contributed by atoms with E-state index in [1.165, 1.54) is 0 Å². The molecule has 32 heavy (non-hydrogen) atoms. The van der Waals surface area contributed by atoms with Crippen LogP contribution in [0.15, 0.2) is 47.3 Å². The molecule has 7 nitrogen and oxygen atoms in total. The molecule has 0 aliphatic rings. The Kier molecular flexibility index (Phi) is 7.18. The SMILES string of the molecule is CC(C)c1cccc(C(C)C)c1NC(=O)COC(=O)CCn1c(=O)n(C)c2ccccc21. The highest BCUT2D eigenvalue weighted by Gasteiger charge is 2.17. The zero-order chi connectivity index (χ0) is 23.4. The molecule has 7 heteroatoms. The molecule has 1 N–H and O–H groups in total. The van der Waals surface area contributed by atoms with Crippen molar-refractivity contribution < 1.29 is 14.3 Å². The van der Waals surface area contributed by atoms with Crippen LogP contribution < -0.4 is 11.0 Å². The Morgan fingerprint density at radius 2 is 1.53 bits per heavy atom. The molecule has 1 heterocycles. The monoisotopic (exact) mass is 437 g/mol. The number of nitrogens with one attached hydrogen (secondary N) is 1. The lowest BCUT2D eigenvalue weighted by atomic mass is 9.92. The predicted octanol–water partition coefficient (Wildman–Crippen LogP) is 4.16. The summed E-state index contributed by atoms with van der Waals surface area (Å²) in [7, 11) is 1.70. The molecule has 0 saturated heterocycles. The first-order chi connectivity index (χ1) is 15.2. The second kappa shape index (κ2) is 9.85. The third-order valence-electron chi connectivity index (χ3n) is 5.59. The van der Waals surface area contributed by atoms with Gasteiger partial charge in [-0.3, -0.25) is 18.7 Å². The van der Waals surface area contributed by atoms with E-state index in [9.17, 15) is 14.4 Å². The number of aromatic nitrogens is 2. The molecular formula is C25H31N3O4. The van der Waals surface area contributed by atoms with Gasteiger partial charge in [0.2, 0.25) is 0 Å². The quantitative estimate of drug-likeness (QED) is 0.537. The van der Waals surface area contributed by atoms with Crippen LogP contribution in [0.4, 0.5) is 5.69 Å². The van der Waals surface area contributed by atoms with E-state index >= 15 is 0 Å². The van der Waals surface area contributed by atoms with Gasteiger partial charge in [0.25, 0.3) is 5.91 Å². The number of imidazole rings is 1. The first-order valence-electron chi connectivity index (χ1n) is 10.9. The van der Waals surface area contributed by atoms with Crippen molar-refractivity contribution in [2.45, 2.75) is 52.5 Å². The summed E-state index contributed by atoms with van der Waals surface area (Å²) in [5.41, 5.74) is 4.26. The molecule has 1 amide bonds. The molecule has 170 valence electrons. The van der Waals surface area contributed by atoms with Crippen molar-refractivity contribution in [3.05, 3.63) is 64.1 Å². The first kappa shape index (κ1) is 23.3. The fourth-order valence-electron chi connectivity index (χ4n) is 3.87. The number of fused-ring (bicyclic) bond motifs is 1. The lowest BCUT2D eigenvalue weighted by Gasteiger charge is -2.20. The van der Waals surface area contributed by atoms with Crippen molar-refractivity contribution in [3.63, 3.8) is 0 Å². The lowest BCUT2D eigenvalue weighted by Crippen LogP contribution is -2.25. The minimum Gasteiger partial charge on any atom is -0.456 e. The Labute approximate surface area is 188 Å². The number of para-hydroxylation sites is 3. The third kappa shape index (κ3) is 4.93. The Balaban J connectivity index is 1.62. The van der Waals surface area contributed by atoms with E-state index in [0.717, 1.165) is 27.8 Å². The molecule has 0 unspecified atom stereocenters. The van der Waals surface area contributed by atoms with E-state index in [1.807, 2.05) is 42.5 Å². The van der Waals surface area contributed by atoms with Crippen molar-refractivity contribution in [2.75, 3.05) is 11.9 Å². The number of amides is 1. The van der Waals surface area contributed by atoms with Crippen LogP contribution >= 0.6 is 0 Å². The van der Waals surface area contributed by atoms with Crippen molar-refractivity contribution in [1.29, 1.82) is 0 Å². The van der Waals surface area contributed by atoms with Crippen molar-refractivity contribution in [3.8, 4) is 0 Å². The van der Waals surface area contributed by atoms with Crippen LogP contribution in [-0.4, -0.2) is 27.6 Å². The van der Waals surface area contributed by atoms with Crippen LogP contribution in [0.25, 0.3) is 11.0 Å². The van der Waals surface area contributed by atoms with Crippen LogP contribution in [0.5, 0.6) is 0 Å². The van der Waals surface area contributed by atoms with Gasteiger partial charge < -0.3 is 10.1 Å². The average molecular weight is 438 g/mol. The summed E-state index contributed by atoms with van der Waals surface area (Å²) < 4.78 is 8.28. The van der Waals surface area contributed by atoms with E-state index in [4.69, 9.17) is 4.74 Å². The molecule has 0 bridgehead atoms. The second-order valence-electron chi connectivity index (χ2n) is 8.56. The molecule has 2 aromatic carbocycles. The molecule has 0 fully saturated rings. The topological polar surface area (TPSA) is 82.3 Å². The average Bonchev–Trinajstić information content (AvgIpc) is 3.00. The number of benzene rings is 2. The molecule has 1 aromatic heterocycles. The summed E-state index contributed by atoms with van der Waals surface area (Å²) in [6.45, 7) is 8.12. The van der Waals surface area contributed by atoms with E-state index in [1.54, 1.807) is 16.2 Å². The molecule has 0 saturated carbocycles. The smallest absolute Gasteiger partial charge is 0.328 e. The van der Waals surface area contributed by atoms with Gasteiger partial charge in [-0.25, -0.2) is 4.79 Å². The van der Waals surface area contributed by atoms with Crippen molar-refractivity contribution in [2.24, 2.45) is 7.05 Å². The number of hydrogen-bond donors (Lipinski definition) is 1. The fourth-order valence-corrected chi connectivity index (χ4v) is 3.87. The summed E-state index contributed by atoms with van der Waals surface area (Å²) in [5, 5.41) is 2.93. The van der Waals surface area contributed by atoms with Gasteiger partial charge in [0.1, 0.15) is 0 Å². The molecule has 0 aliphatic carbocycles. The summed E-state index contributed by atoms with van der Waals surface area (Å²) in [4.78, 5) is 37.2. The number of rotatable bonds is 8. The summed E-state index contributed by atoms with van der Waals surface area (Å²) in [6, 6.07) is 13.4. The zero-order valence-electron chi connectivity index (χ0n) is 19.3. The second-order valence-corrected chi connectivity index (χ2v) is 8.56. The minimum absolute atomic E-state index is 0.00101. The molecule has 0 radical (unpaired) electrons. The Morgan fingerprint density at radius 3 is 2.12 bits per heavy atom. The summed E-state index contributed by atoms with van der Waals surface area (Å²) in [6.07, 6.45) is 0.00101. The standard InChI is InChI=1S/C25H31N3O4/c1-16(2)18-9-8-10-19(17(3)4)24(18)26-22(29)15-32-23(30)13-14-28-21-12-7-6-11-20(21)27(5)25(28)31/h6-12,16-17H,13-15H2,1-5H3,(H,26,29). The normalized spacial score (nSPS) is 11.3. The molecular weight excluding hydrogens is 406 g/mol. The maximum atomic E-state index is 12.5. The first-order valence-corrected chi connectivity index (χ1v) is 10.9. The molecule has 0 atom stereocenters. The van der Waals surface area contributed by atoms with E-state index < -0.39 is 5.97 Å². The van der Waals surface area contributed by atoms with Crippen LogP contribution in [-0.2, 0) is 27.9 Å². The van der Waals surface area contributed by atoms with Crippen LogP contribution in [0, 0.1) is 0 Å². The van der Waals surface area contributed by atoms with E-state index in [0.29, 0.717) is 0 Å². The fraction of sp³-hybridized carbons (Fsp3) is 0.400. The third-order valence-corrected chi connectivity index (χ3v) is 5.59. The Hall–Kier alpha value is -3.35. The molecule has 0 spiro atoms. The predicted molar refractivity (Wildman–Crippen MR) is 126 cm³/mol. The van der Waals surface area contributed by atoms with Gasteiger partial charge in [-0.05, 0) is 35.1 Å². The van der Waals surface area contributed by atoms with Crippen LogP contribution in [0.1, 0.15) is 57.1 Å². The Bertz CT molecular complexity index is 1160. The summed E-state index contributed by atoms with van der Waals surface area (Å²) >= 11 is 0. The van der Waals surface area contributed by atoms with E-state index in [2.05, 4.69) is 33.0 Å². The van der Waals surface area contributed by atoms with Gasteiger partial charge in [0.05, 0.1) is 17.5 Å². The number of carbonyl (C=O) groups is 2. The highest BCUT2D eigenvalue weighted by atomic mass is 16.5. The molecule has 3 rings (SSSR count). The number of ether oxygens (including phenoxy) is 1. The van der Waals surface area contributed by atoms with Gasteiger partial charge in [0, 0.05) is 19.3 Å². The van der Waals surface area contributed by atoms with E-state index in [-0.39, 0.29) is 43.0 Å². The largest absolute Gasteiger partial charge is 0.456 e. The zero-order valence-corrected chi connectivity index (χ0v) is 19.3.